The van der Waals surface area contributed by atoms with Gasteiger partial charge in [-0.2, -0.15) is 0 Å². The summed E-state index contributed by atoms with van der Waals surface area (Å²) >= 11 is 0. The second-order valence-electron chi connectivity index (χ2n) is 5.46. The molecule has 0 unspecified atom stereocenters. The van der Waals surface area contributed by atoms with Crippen molar-refractivity contribution in [3.63, 3.8) is 0 Å². The van der Waals surface area contributed by atoms with Gasteiger partial charge in [-0.15, -0.1) is 0 Å². The quantitative estimate of drug-likeness (QED) is 0.677. The number of hydrogen-bond acceptors (Lipinski definition) is 1. The first-order valence-corrected chi connectivity index (χ1v) is 7.23. The minimum Gasteiger partial charge on any atom is -0.297 e. The third-order valence-electron chi connectivity index (χ3n) is 3.72. The summed E-state index contributed by atoms with van der Waals surface area (Å²) in [6, 6.07) is 13.2. The molecule has 3 aromatic rings. The second kappa shape index (κ2) is 5.12. The maximum atomic E-state index is 4.54. The van der Waals surface area contributed by atoms with E-state index < -0.39 is 0 Å². The molecule has 0 amide bonds. The lowest BCUT2D eigenvalue weighted by atomic mass is 10.1. The molecule has 0 bridgehead atoms. The van der Waals surface area contributed by atoms with Crippen molar-refractivity contribution in [2.24, 2.45) is 0 Å². The van der Waals surface area contributed by atoms with Crippen LogP contribution in [0, 0.1) is 13.8 Å². The normalized spacial score (nSPS) is 11.2. The van der Waals surface area contributed by atoms with Crippen molar-refractivity contribution in [2.75, 3.05) is 0 Å². The zero-order valence-corrected chi connectivity index (χ0v) is 12.4. The monoisotopic (exact) mass is 264 g/mol. The Hall–Kier alpha value is -2.09. The molecule has 0 saturated heterocycles. The molecule has 0 aliphatic rings. The van der Waals surface area contributed by atoms with Crippen LogP contribution in [0.4, 0.5) is 0 Å². The molecule has 0 N–H and O–H groups in total. The average Bonchev–Trinajstić information content (AvgIpc) is 2.84. The highest BCUT2D eigenvalue weighted by atomic mass is 15.0. The van der Waals surface area contributed by atoms with Crippen molar-refractivity contribution in [1.82, 2.24) is 9.38 Å². The van der Waals surface area contributed by atoms with E-state index in [0.29, 0.717) is 0 Å². The summed E-state index contributed by atoms with van der Waals surface area (Å²) < 4.78 is 2.22. The topological polar surface area (TPSA) is 17.3 Å². The van der Waals surface area contributed by atoms with Gasteiger partial charge < -0.3 is 0 Å². The minimum absolute atomic E-state index is 1.02. The fourth-order valence-corrected chi connectivity index (χ4v) is 2.81. The van der Waals surface area contributed by atoms with Crippen LogP contribution >= 0.6 is 0 Å². The Balaban J connectivity index is 2.10. The third-order valence-corrected chi connectivity index (χ3v) is 3.72. The number of benzene rings is 1. The predicted octanol–water partition coefficient (Wildman–Crippen LogP) is 4.57. The highest BCUT2D eigenvalue weighted by Crippen LogP contribution is 2.23. The van der Waals surface area contributed by atoms with E-state index in [1.54, 1.807) is 0 Å². The standard InChI is InChI=1S/C18H20N2/c1-4-5-15-6-8-16(9-7-15)17-12-19-18-11-13(2)10-14(3)20(17)18/h6-12H,4-5H2,1-3H3. The van der Waals surface area contributed by atoms with Gasteiger partial charge in [0.05, 0.1) is 11.9 Å². The van der Waals surface area contributed by atoms with Crippen LogP contribution in [0.25, 0.3) is 16.9 Å². The fraction of sp³-hybridized carbons (Fsp3) is 0.278. The Morgan fingerprint density at radius 2 is 1.80 bits per heavy atom. The molecule has 0 fully saturated rings. The van der Waals surface area contributed by atoms with Crippen LogP contribution in [0.15, 0.2) is 42.6 Å². The van der Waals surface area contributed by atoms with E-state index in [1.165, 1.54) is 34.5 Å². The van der Waals surface area contributed by atoms with Gasteiger partial charge in [0, 0.05) is 11.3 Å². The summed E-state index contributed by atoms with van der Waals surface area (Å²) in [5, 5.41) is 0. The molecule has 0 radical (unpaired) electrons. The van der Waals surface area contributed by atoms with Gasteiger partial charge in [-0.25, -0.2) is 4.98 Å². The lowest BCUT2D eigenvalue weighted by Gasteiger charge is -2.07. The molecule has 102 valence electrons. The molecule has 1 aromatic carbocycles. The molecule has 2 nitrogen and oxygen atoms in total. The van der Waals surface area contributed by atoms with Crippen LogP contribution in [0.2, 0.25) is 0 Å². The van der Waals surface area contributed by atoms with E-state index in [1.807, 2.05) is 6.20 Å². The van der Waals surface area contributed by atoms with Crippen LogP contribution in [-0.2, 0) is 6.42 Å². The third kappa shape index (κ3) is 2.22. The van der Waals surface area contributed by atoms with Crippen molar-refractivity contribution >= 4 is 5.65 Å². The van der Waals surface area contributed by atoms with E-state index >= 15 is 0 Å². The SMILES string of the molecule is CCCc1ccc(-c2cnc3cc(C)cc(C)n23)cc1. The molecule has 0 spiro atoms. The van der Waals surface area contributed by atoms with Crippen LogP contribution in [0.5, 0.6) is 0 Å². The predicted molar refractivity (Wildman–Crippen MR) is 84.1 cm³/mol. The van der Waals surface area contributed by atoms with Gasteiger partial charge in [0.25, 0.3) is 0 Å². The number of hydrogen-bond donors (Lipinski definition) is 0. The average molecular weight is 264 g/mol. The largest absolute Gasteiger partial charge is 0.297 e. The van der Waals surface area contributed by atoms with Crippen molar-refractivity contribution in [1.29, 1.82) is 0 Å². The van der Waals surface area contributed by atoms with Gasteiger partial charge >= 0.3 is 0 Å². The Labute approximate surface area is 120 Å². The number of imidazole rings is 1. The smallest absolute Gasteiger partial charge is 0.137 e. The highest BCUT2D eigenvalue weighted by molar-refractivity contribution is 5.65. The first kappa shape index (κ1) is 12.9. The van der Waals surface area contributed by atoms with Crippen LogP contribution in [0.1, 0.15) is 30.2 Å². The Kier molecular flexibility index (Phi) is 3.31. The second-order valence-corrected chi connectivity index (χ2v) is 5.46. The van der Waals surface area contributed by atoms with Crippen molar-refractivity contribution in [3.05, 3.63) is 59.4 Å². The Morgan fingerprint density at radius 1 is 1.05 bits per heavy atom. The molecule has 0 aliphatic heterocycles. The lowest BCUT2D eigenvalue weighted by molar-refractivity contribution is 0.922. The van der Waals surface area contributed by atoms with E-state index in [9.17, 15) is 0 Å². The van der Waals surface area contributed by atoms with Crippen molar-refractivity contribution < 1.29 is 0 Å². The number of nitrogens with zero attached hydrogens (tertiary/aromatic N) is 2. The summed E-state index contributed by atoms with van der Waals surface area (Å²) in [5.74, 6) is 0. The summed E-state index contributed by atoms with van der Waals surface area (Å²) in [7, 11) is 0. The van der Waals surface area contributed by atoms with Crippen LogP contribution < -0.4 is 0 Å². The molecule has 20 heavy (non-hydrogen) atoms. The Morgan fingerprint density at radius 3 is 2.50 bits per heavy atom. The number of aromatic nitrogens is 2. The minimum atomic E-state index is 1.02. The van der Waals surface area contributed by atoms with Gasteiger partial charge in [0.1, 0.15) is 5.65 Å². The molecule has 2 heteroatoms. The van der Waals surface area contributed by atoms with E-state index in [-0.39, 0.29) is 0 Å². The van der Waals surface area contributed by atoms with Gasteiger partial charge in [0.2, 0.25) is 0 Å². The van der Waals surface area contributed by atoms with Gasteiger partial charge in [-0.1, -0.05) is 37.6 Å². The first-order valence-electron chi connectivity index (χ1n) is 7.23. The highest BCUT2D eigenvalue weighted by Gasteiger charge is 2.08. The zero-order valence-electron chi connectivity index (χ0n) is 12.4. The van der Waals surface area contributed by atoms with Crippen molar-refractivity contribution in [3.8, 4) is 11.3 Å². The summed E-state index contributed by atoms with van der Waals surface area (Å²) in [6.45, 7) is 6.46. The molecule has 0 aliphatic carbocycles. The molecule has 2 heterocycles. The number of fused-ring (bicyclic) bond motifs is 1. The number of aryl methyl sites for hydroxylation is 3. The maximum absolute atomic E-state index is 4.54. The van der Waals surface area contributed by atoms with E-state index in [0.717, 1.165) is 12.1 Å². The van der Waals surface area contributed by atoms with Crippen molar-refractivity contribution in [2.45, 2.75) is 33.6 Å². The van der Waals surface area contributed by atoms with Gasteiger partial charge in [-0.3, -0.25) is 4.40 Å². The molecular formula is C18H20N2. The van der Waals surface area contributed by atoms with E-state index in [4.69, 9.17) is 0 Å². The number of pyridine rings is 1. The Bertz CT molecular complexity index is 736. The number of rotatable bonds is 3. The maximum Gasteiger partial charge on any atom is 0.137 e. The molecule has 2 aromatic heterocycles. The van der Waals surface area contributed by atoms with Crippen LogP contribution in [-0.4, -0.2) is 9.38 Å². The molecule has 0 saturated carbocycles. The van der Waals surface area contributed by atoms with Gasteiger partial charge in [0.15, 0.2) is 0 Å². The molecular weight excluding hydrogens is 244 g/mol. The fourth-order valence-electron chi connectivity index (χ4n) is 2.81. The van der Waals surface area contributed by atoms with Gasteiger partial charge in [-0.05, 0) is 43.5 Å². The first-order chi connectivity index (χ1) is 9.69. The molecule has 0 atom stereocenters. The summed E-state index contributed by atoms with van der Waals surface area (Å²) in [5.41, 5.74) is 7.30. The summed E-state index contributed by atoms with van der Waals surface area (Å²) in [4.78, 5) is 4.54. The van der Waals surface area contributed by atoms with E-state index in [2.05, 4.69) is 66.6 Å². The zero-order chi connectivity index (χ0) is 14.1. The lowest BCUT2D eigenvalue weighted by Crippen LogP contribution is -1.95. The summed E-state index contributed by atoms with van der Waals surface area (Å²) in [6.07, 6.45) is 4.30. The molecule has 3 rings (SSSR count). The van der Waals surface area contributed by atoms with Crippen LogP contribution in [0.3, 0.4) is 0 Å².